The van der Waals surface area contributed by atoms with E-state index in [1.807, 2.05) is 12.1 Å². The van der Waals surface area contributed by atoms with Gasteiger partial charge < -0.3 is 10.2 Å². The lowest BCUT2D eigenvalue weighted by Gasteiger charge is -2.20. The van der Waals surface area contributed by atoms with Crippen LogP contribution in [-0.4, -0.2) is 37.0 Å². The fourth-order valence-electron chi connectivity index (χ4n) is 1.73. The number of nitrogens with zero attached hydrogens (tertiary/aromatic N) is 1. The number of unbranched alkanes of at least 4 members (excludes halogenated alkanes) is 1. The van der Waals surface area contributed by atoms with E-state index in [0.717, 1.165) is 28.8 Å². The Hall–Kier alpha value is -0.520. The van der Waals surface area contributed by atoms with Gasteiger partial charge in [-0.25, -0.2) is 0 Å². The fourth-order valence-corrected chi connectivity index (χ4v) is 2.36. The van der Waals surface area contributed by atoms with Crippen molar-refractivity contribution >= 4 is 34.5 Å². The average Bonchev–Trinajstić information content (AvgIpc) is 2.40. The van der Waals surface area contributed by atoms with Gasteiger partial charge in [-0.1, -0.05) is 0 Å². The first-order valence-corrected chi connectivity index (χ1v) is 8.12. The standard InChI is InChI=1S/C15H23BrN2OS/c1-11(2)18(3)9-5-4-8-17-15(19)13-10-12(20)6-7-14(13)16/h6-7,10-11,20H,4-5,8-9H2,1-3H3,(H,17,19). The highest BCUT2D eigenvalue weighted by Gasteiger charge is 2.09. The lowest BCUT2D eigenvalue weighted by molar-refractivity contribution is 0.0951. The van der Waals surface area contributed by atoms with Gasteiger partial charge >= 0.3 is 0 Å². The van der Waals surface area contributed by atoms with Gasteiger partial charge in [0.15, 0.2) is 0 Å². The van der Waals surface area contributed by atoms with Gasteiger partial charge in [0.2, 0.25) is 0 Å². The number of thiol groups is 1. The van der Waals surface area contributed by atoms with Crippen LogP contribution in [0, 0.1) is 0 Å². The molecule has 0 saturated heterocycles. The summed E-state index contributed by atoms with van der Waals surface area (Å²) in [5, 5.41) is 2.95. The smallest absolute Gasteiger partial charge is 0.252 e. The minimum Gasteiger partial charge on any atom is -0.352 e. The molecule has 1 amide bonds. The summed E-state index contributed by atoms with van der Waals surface area (Å²) in [5.41, 5.74) is 0.636. The van der Waals surface area contributed by atoms with Gasteiger partial charge in [-0.3, -0.25) is 4.79 Å². The number of carbonyl (C=O) groups excluding carboxylic acids is 1. The van der Waals surface area contributed by atoms with E-state index in [1.165, 1.54) is 0 Å². The molecule has 1 rings (SSSR count). The van der Waals surface area contributed by atoms with Crippen LogP contribution in [-0.2, 0) is 0 Å². The second-order valence-corrected chi connectivity index (χ2v) is 6.57. The van der Waals surface area contributed by atoms with Crippen LogP contribution in [0.5, 0.6) is 0 Å². The second-order valence-electron chi connectivity index (χ2n) is 5.20. The topological polar surface area (TPSA) is 32.3 Å². The number of halogens is 1. The van der Waals surface area contributed by atoms with Gasteiger partial charge in [-0.2, -0.15) is 0 Å². The molecule has 5 heteroatoms. The molecule has 0 unspecified atom stereocenters. The number of amides is 1. The monoisotopic (exact) mass is 358 g/mol. The Morgan fingerprint density at radius 2 is 2.10 bits per heavy atom. The molecule has 0 radical (unpaired) electrons. The van der Waals surface area contributed by atoms with Crippen molar-refractivity contribution in [3.8, 4) is 0 Å². The van der Waals surface area contributed by atoms with Crippen LogP contribution in [0.15, 0.2) is 27.6 Å². The van der Waals surface area contributed by atoms with E-state index in [0.29, 0.717) is 18.2 Å². The minimum absolute atomic E-state index is 0.0509. The van der Waals surface area contributed by atoms with Crippen LogP contribution in [0.2, 0.25) is 0 Å². The molecule has 1 aromatic rings. The maximum absolute atomic E-state index is 12.0. The zero-order valence-corrected chi connectivity index (χ0v) is 14.8. The van der Waals surface area contributed by atoms with Gasteiger partial charge in [-0.05, 0) is 74.4 Å². The molecule has 0 fully saturated rings. The molecule has 0 aliphatic carbocycles. The molecule has 1 aromatic carbocycles. The zero-order chi connectivity index (χ0) is 15.1. The third kappa shape index (κ3) is 5.85. The van der Waals surface area contributed by atoms with Crippen molar-refractivity contribution in [2.24, 2.45) is 0 Å². The molecule has 3 nitrogen and oxygen atoms in total. The van der Waals surface area contributed by atoms with E-state index in [9.17, 15) is 4.79 Å². The van der Waals surface area contributed by atoms with Crippen molar-refractivity contribution in [2.45, 2.75) is 37.6 Å². The summed E-state index contributed by atoms with van der Waals surface area (Å²) >= 11 is 7.64. The molecule has 112 valence electrons. The summed E-state index contributed by atoms with van der Waals surface area (Å²) in [7, 11) is 2.12. The van der Waals surface area contributed by atoms with E-state index in [4.69, 9.17) is 0 Å². The zero-order valence-electron chi connectivity index (χ0n) is 12.3. The quantitative estimate of drug-likeness (QED) is 0.576. The van der Waals surface area contributed by atoms with E-state index >= 15 is 0 Å². The number of rotatable bonds is 7. The molecule has 0 aromatic heterocycles. The highest BCUT2D eigenvalue weighted by atomic mass is 79.9. The van der Waals surface area contributed by atoms with Crippen LogP contribution in [0.4, 0.5) is 0 Å². The predicted octanol–water partition coefficient (Wildman–Crippen LogP) is 3.59. The number of carbonyl (C=O) groups is 1. The third-order valence-electron chi connectivity index (χ3n) is 3.30. The van der Waals surface area contributed by atoms with E-state index in [-0.39, 0.29) is 5.91 Å². The summed E-state index contributed by atoms with van der Waals surface area (Å²) in [6.07, 6.45) is 2.07. The van der Waals surface area contributed by atoms with Crippen molar-refractivity contribution in [1.82, 2.24) is 10.2 Å². The number of hydrogen-bond acceptors (Lipinski definition) is 3. The number of benzene rings is 1. The Morgan fingerprint density at radius 1 is 1.40 bits per heavy atom. The molecule has 0 saturated carbocycles. The Morgan fingerprint density at radius 3 is 2.75 bits per heavy atom. The van der Waals surface area contributed by atoms with Crippen LogP contribution in [0.3, 0.4) is 0 Å². The molecule has 0 bridgehead atoms. The van der Waals surface area contributed by atoms with E-state index in [1.54, 1.807) is 6.07 Å². The highest BCUT2D eigenvalue weighted by molar-refractivity contribution is 9.10. The largest absolute Gasteiger partial charge is 0.352 e. The molecule has 0 aliphatic rings. The first-order chi connectivity index (χ1) is 9.41. The SMILES string of the molecule is CC(C)N(C)CCCCNC(=O)c1cc(S)ccc1Br. The summed E-state index contributed by atoms with van der Waals surface area (Å²) in [6.45, 7) is 6.13. The molecular weight excluding hydrogens is 336 g/mol. The van der Waals surface area contributed by atoms with Gasteiger partial charge in [-0.15, -0.1) is 12.6 Å². The van der Waals surface area contributed by atoms with Crippen LogP contribution in [0.25, 0.3) is 0 Å². The molecule has 0 atom stereocenters. The van der Waals surface area contributed by atoms with Gasteiger partial charge in [0.25, 0.3) is 5.91 Å². The van der Waals surface area contributed by atoms with Crippen LogP contribution >= 0.6 is 28.6 Å². The van der Waals surface area contributed by atoms with Crippen LogP contribution < -0.4 is 5.32 Å². The van der Waals surface area contributed by atoms with Gasteiger partial charge in [0, 0.05) is 22.0 Å². The predicted molar refractivity (Wildman–Crippen MR) is 90.7 cm³/mol. The summed E-state index contributed by atoms with van der Waals surface area (Å²) in [4.78, 5) is 15.1. The van der Waals surface area contributed by atoms with Crippen molar-refractivity contribution < 1.29 is 4.79 Å². The first kappa shape index (κ1) is 17.5. The summed E-state index contributed by atoms with van der Waals surface area (Å²) < 4.78 is 0.798. The maximum Gasteiger partial charge on any atom is 0.252 e. The van der Waals surface area contributed by atoms with Gasteiger partial charge in [0.1, 0.15) is 0 Å². The van der Waals surface area contributed by atoms with E-state index < -0.39 is 0 Å². The average molecular weight is 359 g/mol. The number of nitrogens with one attached hydrogen (secondary N) is 1. The van der Waals surface area contributed by atoms with Gasteiger partial charge in [0.05, 0.1) is 5.56 Å². The van der Waals surface area contributed by atoms with Crippen molar-refractivity contribution in [2.75, 3.05) is 20.1 Å². The van der Waals surface area contributed by atoms with E-state index in [2.05, 4.69) is 59.7 Å². The molecule has 20 heavy (non-hydrogen) atoms. The third-order valence-corrected chi connectivity index (χ3v) is 4.27. The Bertz CT molecular complexity index is 451. The minimum atomic E-state index is -0.0509. The highest BCUT2D eigenvalue weighted by Crippen LogP contribution is 2.20. The Labute approximate surface area is 135 Å². The first-order valence-electron chi connectivity index (χ1n) is 6.88. The Balaban J connectivity index is 2.32. The molecule has 1 N–H and O–H groups in total. The summed E-state index contributed by atoms with van der Waals surface area (Å²) in [6, 6.07) is 6.04. The van der Waals surface area contributed by atoms with Crippen molar-refractivity contribution in [3.63, 3.8) is 0 Å². The Kier molecular flexibility index (Phi) is 7.62. The fraction of sp³-hybridized carbons (Fsp3) is 0.533. The number of hydrogen-bond donors (Lipinski definition) is 2. The van der Waals surface area contributed by atoms with Crippen molar-refractivity contribution in [1.29, 1.82) is 0 Å². The second kappa shape index (κ2) is 8.70. The molecular formula is C15H23BrN2OS. The maximum atomic E-state index is 12.0. The summed E-state index contributed by atoms with van der Waals surface area (Å²) in [5.74, 6) is -0.0509. The van der Waals surface area contributed by atoms with Crippen LogP contribution in [0.1, 0.15) is 37.0 Å². The lowest BCUT2D eigenvalue weighted by Crippen LogP contribution is -2.29. The molecule has 0 aliphatic heterocycles. The normalized spacial score (nSPS) is 11.2. The van der Waals surface area contributed by atoms with Crippen molar-refractivity contribution in [3.05, 3.63) is 28.2 Å². The molecule has 0 heterocycles. The lowest BCUT2D eigenvalue weighted by atomic mass is 10.2. The molecule has 0 spiro atoms.